The van der Waals surface area contributed by atoms with Gasteiger partial charge in [-0.3, -0.25) is 9.98 Å². The number of nitrogens with zero attached hydrogens (tertiary/aromatic N) is 2. The molecule has 2 aliphatic rings. The van der Waals surface area contributed by atoms with Crippen molar-refractivity contribution in [2.24, 2.45) is 9.98 Å². The fourth-order valence-corrected chi connectivity index (χ4v) is 1.72. The molecule has 0 aromatic heterocycles. The molecule has 0 radical (unpaired) electrons. The van der Waals surface area contributed by atoms with Gasteiger partial charge in [0.25, 0.3) is 0 Å². The highest BCUT2D eigenvalue weighted by molar-refractivity contribution is 6.17. The van der Waals surface area contributed by atoms with Gasteiger partial charge in [-0.2, -0.15) is 0 Å². The van der Waals surface area contributed by atoms with Crippen molar-refractivity contribution in [1.82, 2.24) is 0 Å². The predicted molar refractivity (Wildman–Crippen MR) is 62.3 cm³/mol. The summed E-state index contributed by atoms with van der Waals surface area (Å²) in [5, 5.41) is 0. The SMILES string of the molecule is C=C/N=C\C(=C)C1=NC2=C(COCC2)C1. The number of rotatable bonds is 3. The first-order chi connectivity index (χ1) is 7.31. The highest BCUT2D eigenvalue weighted by Gasteiger charge is 2.21. The van der Waals surface area contributed by atoms with E-state index in [1.807, 2.05) is 0 Å². The number of hydrogen-bond donors (Lipinski definition) is 0. The molecule has 0 bridgehead atoms. The van der Waals surface area contributed by atoms with Crippen molar-refractivity contribution < 1.29 is 4.74 Å². The van der Waals surface area contributed by atoms with Gasteiger partial charge in [-0.1, -0.05) is 13.2 Å². The lowest BCUT2D eigenvalue weighted by Gasteiger charge is -2.12. The Morgan fingerprint density at radius 1 is 1.53 bits per heavy atom. The van der Waals surface area contributed by atoms with E-state index in [2.05, 4.69) is 23.1 Å². The molecular formula is C12H14N2O. The average Bonchev–Trinajstić information content (AvgIpc) is 2.69. The van der Waals surface area contributed by atoms with Gasteiger partial charge < -0.3 is 4.74 Å². The fourth-order valence-electron chi connectivity index (χ4n) is 1.72. The van der Waals surface area contributed by atoms with E-state index in [1.54, 1.807) is 6.21 Å². The Balaban J connectivity index is 2.07. The van der Waals surface area contributed by atoms with E-state index in [0.717, 1.165) is 30.7 Å². The summed E-state index contributed by atoms with van der Waals surface area (Å²) >= 11 is 0. The van der Waals surface area contributed by atoms with Crippen LogP contribution in [0.1, 0.15) is 12.8 Å². The minimum absolute atomic E-state index is 0.716. The Bertz CT molecular complexity index is 388. The van der Waals surface area contributed by atoms with Gasteiger partial charge in [0.15, 0.2) is 0 Å². The van der Waals surface area contributed by atoms with Crippen LogP contribution in [-0.2, 0) is 4.74 Å². The Kier molecular flexibility index (Phi) is 2.92. The summed E-state index contributed by atoms with van der Waals surface area (Å²) in [6, 6.07) is 0. The second-order valence-electron chi connectivity index (χ2n) is 3.57. The molecule has 0 fully saturated rings. The minimum Gasteiger partial charge on any atom is -0.377 e. The van der Waals surface area contributed by atoms with Crippen molar-refractivity contribution in [2.75, 3.05) is 13.2 Å². The molecule has 0 unspecified atom stereocenters. The first-order valence-corrected chi connectivity index (χ1v) is 5.01. The van der Waals surface area contributed by atoms with Crippen molar-refractivity contribution in [3.63, 3.8) is 0 Å². The normalized spacial score (nSPS) is 20.4. The van der Waals surface area contributed by atoms with Gasteiger partial charge in [0.05, 0.1) is 18.9 Å². The highest BCUT2D eigenvalue weighted by Crippen LogP contribution is 2.27. The van der Waals surface area contributed by atoms with Crippen LogP contribution in [0.2, 0.25) is 0 Å². The zero-order chi connectivity index (χ0) is 10.7. The van der Waals surface area contributed by atoms with Crippen LogP contribution in [0.25, 0.3) is 0 Å². The van der Waals surface area contributed by atoms with Crippen molar-refractivity contribution in [3.8, 4) is 0 Å². The van der Waals surface area contributed by atoms with Crippen LogP contribution < -0.4 is 0 Å². The smallest absolute Gasteiger partial charge is 0.0701 e. The van der Waals surface area contributed by atoms with Gasteiger partial charge in [-0.15, -0.1) is 0 Å². The Hall–Kier alpha value is -1.48. The number of aliphatic imine (C=N–C) groups is 2. The lowest BCUT2D eigenvalue weighted by molar-refractivity contribution is 0.146. The van der Waals surface area contributed by atoms with E-state index in [-0.39, 0.29) is 0 Å². The third kappa shape index (κ3) is 2.13. The molecule has 3 heteroatoms. The molecule has 0 saturated carbocycles. The molecule has 0 amide bonds. The van der Waals surface area contributed by atoms with Crippen LogP contribution in [-0.4, -0.2) is 25.1 Å². The molecule has 0 saturated heterocycles. The molecule has 78 valence electrons. The van der Waals surface area contributed by atoms with Gasteiger partial charge in [-0.25, -0.2) is 0 Å². The molecule has 2 rings (SSSR count). The summed E-state index contributed by atoms with van der Waals surface area (Å²) in [5.74, 6) is 0. The summed E-state index contributed by atoms with van der Waals surface area (Å²) in [6.07, 6.45) is 4.98. The Labute approximate surface area is 89.6 Å². The topological polar surface area (TPSA) is 34.0 Å². The molecular weight excluding hydrogens is 188 g/mol. The highest BCUT2D eigenvalue weighted by atomic mass is 16.5. The fraction of sp³-hybridized carbons (Fsp3) is 0.333. The second kappa shape index (κ2) is 4.36. The molecule has 0 aromatic rings. The molecule has 0 spiro atoms. The van der Waals surface area contributed by atoms with Gasteiger partial charge in [0.1, 0.15) is 0 Å². The van der Waals surface area contributed by atoms with Gasteiger partial charge in [-0.05, 0) is 5.57 Å². The predicted octanol–water partition coefficient (Wildman–Crippen LogP) is 2.28. The summed E-state index contributed by atoms with van der Waals surface area (Å²) < 4.78 is 5.38. The largest absolute Gasteiger partial charge is 0.377 e. The molecule has 2 heterocycles. The summed E-state index contributed by atoms with van der Waals surface area (Å²) in [7, 11) is 0. The zero-order valence-electron chi connectivity index (χ0n) is 8.70. The van der Waals surface area contributed by atoms with E-state index < -0.39 is 0 Å². The standard InChI is InChI=1S/C12H14N2O/c1-3-13-7-9(2)12-6-10-8-15-5-4-11(10)14-12/h3,7H,1-2,4-6,8H2/b13-7-. The lowest BCUT2D eigenvalue weighted by atomic mass is 10.1. The molecule has 0 aliphatic carbocycles. The minimum atomic E-state index is 0.716. The molecule has 15 heavy (non-hydrogen) atoms. The monoisotopic (exact) mass is 202 g/mol. The first kappa shape index (κ1) is 10.1. The molecule has 3 nitrogen and oxygen atoms in total. The van der Waals surface area contributed by atoms with Crippen LogP contribution in [0.3, 0.4) is 0 Å². The lowest BCUT2D eigenvalue weighted by Crippen LogP contribution is -2.08. The van der Waals surface area contributed by atoms with Crippen molar-refractivity contribution in [1.29, 1.82) is 0 Å². The molecule has 2 aliphatic heterocycles. The van der Waals surface area contributed by atoms with Crippen LogP contribution >= 0.6 is 0 Å². The molecule has 0 aromatic carbocycles. The average molecular weight is 202 g/mol. The number of allylic oxidation sites excluding steroid dienone is 1. The Morgan fingerprint density at radius 3 is 3.13 bits per heavy atom. The second-order valence-corrected chi connectivity index (χ2v) is 3.57. The van der Waals surface area contributed by atoms with E-state index in [0.29, 0.717) is 6.61 Å². The van der Waals surface area contributed by atoms with Crippen LogP contribution in [0.4, 0.5) is 0 Å². The van der Waals surface area contributed by atoms with Crippen LogP contribution in [0.5, 0.6) is 0 Å². The summed E-state index contributed by atoms with van der Waals surface area (Å²) in [4.78, 5) is 8.50. The maximum atomic E-state index is 5.38. The first-order valence-electron chi connectivity index (χ1n) is 5.01. The van der Waals surface area contributed by atoms with E-state index in [1.165, 1.54) is 17.5 Å². The third-order valence-electron chi connectivity index (χ3n) is 2.52. The van der Waals surface area contributed by atoms with Crippen LogP contribution in [0.15, 0.2) is 46.2 Å². The van der Waals surface area contributed by atoms with Crippen molar-refractivity contribution >= 4 is 11.9 Å². The summed E-state index contributed by atoms with van der Waals surface area (Å²) in [5.41, 5.74) is 4.36. The van der Waals surface area contributed by atoms with E-state index in [4.69, 9.17) is 4.74 Å². The van der Waals surface area contributed by atoms with Crippen LogP contribution in [0, 0.1) is 0 Å². The molecule has 0 atom stereocenters. The third-order valence-corrected chi connectivity index (χ3v) is 2.52. The zero-order valence-corrected chi connectivity index (χ0v) is 8.70. The van der Waals surface area contributed by atoms with Gasteiger partial charge >= 0.3 is 0 Å². The van der Waals surface area contributed by atoms with Gasteiger partial charge in [0, 0.05) is 36.5 Å². The van der Waals surface area contributed by atoms with E-state index >= 15 is 0 Å². The van der Waals surface area contributed by atoms with Gasteiger partial charge in [0.2, 0.25) is 0 Å². The maximum absolute atomic E-state index is 5.38. The van der Waals surface area contributed by atoms with Crippen molar-refractivity contribution in [3.05, 3.63) is 36.2 Å². The molecule has 0 N–H and O–H groups in total. The van der Waals surface area contributed by atoms with Crippen molar-refractivity contribution in [2.45, 2.75) is 12.8 Å². The quantitative estimate of drug-likeness (QED) is 0.646. The van der Waals surface area contributed by atoms with E-state index in [9.17, 15) is 0 Å². The number of hydrogen-bond acceptors (Lipinski definition) is 3. The summed E-state index contributed by atoms with van der Waals surface area (Å²) in [6.45, 7) is 8.96. The maximum Gasteiger partial charge on any atom is 0.0701 e. The Morgan fingerprint density at radius 2 is 2.40 bits per heavy atom. The number of ether oxygens (including phenoxy) is 1.